The first kappa shape index (κ1) is 8.54. The maximum absolute atomic E-state index is 8.02. The van der Waals surface area contributed by atoms with E-state index in [1.54, 1.807) is 6.08 Å². The van der Waals surface area contributed by atoms with Crippen molar-refractivity contribution < 1.29 is 5.11 Å². The number of aliphatic hydroxyl groups excluding tert-OH is 1. The average Bonchev–Trinajstić information content (AvgIpc) is 2.67. The van der Waals surface area contributed by atoms with Crippen molar-refractivity contribution in [2.45, 2.75) is 39.0 Å². The summed E-state index contributed by atoms with van der Waals surface area (Å²) in [6.07, 6.45) is 9.41. The third-order valence-corrected chi connectivity index (χ3v) is 0.914. The van der Waals surface area contributed by atoms with Crippen LogP contribution in [0.25, 0.3) is 0 Å². The molecule has 0 saturated heterocycles. The molecule has 0 amide bonds. The van der Waals surface area contributed by atoms with E-state index in [0.29, 0.717) is 0 Å². The van der Waals surface area contributed by atoms with Gasteiger partial charge in [0.15, 0.2) is 0 Å². The fraction of sp³-hybridized carbons (Fsp3) is 0.750. The smallest absolute Gasteiger partial charge is 0.0751 e. The van der Waals surface area contributed by atoms with E-state index in [-0.39, 0.29) is 0 Å². The predicted molar refractivity (Wildman–Crippen MR) is 40.5 cm³/mol. The molecule has 0 heterocycles. The van der Waals surface area contributed by atoms with E-state index in [4.69, 9.17) is 5.11 Å². The van der Waals surface area contributed by atoms with Crippen molar-refractivity contribution >= 4 is 0 Å². The van der Waals surface area contributed by atoms with Gasteiger partial charge in [-0.2, -0.15) is 0 Å². The van der Waals surface area contributed by atoms with Crippen LogP contribution in [-0.4, -0.2) is 5.11 Å². The summed E-state index contributed by atoms with van der Waals surface area (Å²) in [5, 5.41) is 8.02. The highest BCUT2D eigenvalue weighted by Crippen LogP contribution is 2.14. The molecule has 0 spiro atoms. The van der Waals surface area contributed by atoms with Crippen LogP contribution in [0.4, 0.5) is 0 Å². The lowest BCUT2D eigenvalue weighted by Gasteiger charge is -1.75. The molecule has 1 aliphatic rings. The van der Waals surface area contributed by atoms with Crippen molar-refractivity contribution in [3.05, 3.63) is 12.3 Å². The third kappa shape index (κ3) is 18.5. The Hall–Kier alpha value is -0.460. The van der Waals surface area contributed by atoms with Gasteiger partial charge in [-0.05, 0) is 6.42 Å². The second-order valence-corrected chi connectivity index (χ2v) is 2.23. The fourth-order valence-electron chi connectivity index (χ4n) is 0.241. The van der Waals surface area contributed by atoms with E-state index in [2.05, 4.69) is 6.92 Å². The SMILES string of the molecule is C1CC1.CCCC=CO. The van der Waals surface area contributed by atoms with Crippen LogP contribution in [0.1, 0.15) is 39.0 Å². The Morgan fingerprint density at radius 1 is 1.33 bits per heavy atom. The highest BCUT2D eigenvalue weighted by molar-refractivity contribution is 4.69. The summed E-state index contributed by atoms with van der Waals surface area (Å²) < 4.78 is 0. The lowest BCUT2D eigenvalue weighted by Crippen LogP contribution is -1.57. The molecule has 9 heavy (non-hydrogen) atoms. The van der Waals surface area contributed by atoms with Crippen molar-refractivity contribution in [3.8, 4) is 0 Å². The maximum atomic E-state index is 8.02. The predicted octanol–water partition coefficient (Wildman–Crippen LogP) is 3.03. The second-order valence-electron chi connectivity index (χ2n) is 2.23. The van der Waals surface area contributed by atoms with Crippen molar-refractivity contribution in [1.82, 2.24) is 0 Å². The van der Waals surface area contributed by atoms with Crippen LogP contribution in [0.3, 0.4) is 0 Å². The molecular formula is C8H16O. The van der Waals surface area contributed by atoms with Crippen LogP contribution in [0, 0.1) is 0 Å². The Bertz CT molecular complexity index is 62.2. The Morgan fingerprint density at radius 2 is 1.89 bits per heavy atom. The molecule has 1 N–H and O–H groups in total. The van der Waals surface area contributed by atoms with Crippen LogP contribution in [0.5, 0.6) is 0 Å². The normalized spacial score (nSPS) is 14.8. The number of rotatable bonds is 2. The Kier molecular flexibility index (Phi) is 7.15. The number of hydrogen-bond acceptors (Lipinski definition) is 1. The van der Waals surface area contributed by atoms with Crippen LogP contribution in [0.15, 0.2) is 12.3 Å². The van der Waals surface area contributed by atoms with Gasteiger partial charge in [-0.25, -0.2) is 0 Å². The fourth-order valence-corrected chi connectivity index (χ4v) is 0.241. The van der Waals surface area contributed by atoms with Gasteiger partial charge in [0.05, 0.1) is 6.26 Å². The molecule has 1 saturated carbocycles. The number of aliphatic hydroxyl groups is 1. The second kappa shape index (κ2) is 7.54. The molecule has 0 aliphatic heterocycles. The highest BCUT2D eigenvalue weighted by atomic mass is 16.2. The van der Waals surface area contributed by atoms with E-state index in [1.807, 2.05) is 0 Å². The zero-order chi connectivity index (χ0) is 6.95. The third-order valence-electron chi connectivity index (χ3n) is 0.914. The minimum Gasteiger partial charge on any atom is -0.516 e. The molecule has 1 fully saturated rings. The van der Waals surface area contributed by atoms with Crippen LogP contribution in [0.2, 0.25) is 0 Å². The Balaban J connectivity index is 0.000000173. The van der Waals surface area contributed by atoms with Gasteiger partial charge in [0, 0.05) is 0 Å². The average molecular weight is 128 g/mol. The molecule has 0 radical (unpaired) electrons. The molecule has 1 nitrogen and oxygen atoms in total. The van der Waals surface area contributed by atoms with Crippen molar-refractivity contribution in [3.63, 3.8) is 0 Å². The minimum atomic E-state index is 0.983. The largest absolute Gasteiger partial charge is 0.516 e. The monoisotopic (exact) mass is 128 g/mol. The van der Waals surface area contributed by atoms with E-state index in [1.165, 1.54) is 19.3 Å². The molecule has 0 atom stereocenters. The molecule has 1 heteroatoms. The van der Waals surface area contributed by atoms with E-state index in [0.717, 1.165) is 19.1 Å². The summed E-state index contributed by atoms with van der Waals surface area (Å²) in [4.78, 5) is 0. The lowest BCUT2D eigenvalue weighted by atomic mass is 10.3. The summed E-state index contributed by atoms with van der Waals surface area (Å²) in [5.41, 5.74) is 0. The lowest BCUT2D eigenvalue weighted by molar-refractivity contribution is 0.470. The summed E-state index contributed by atoms with van der Waals surface area (Å²) in [6.45, 7) is 2.07. The van der Waals surface area contributed by atoms with Gasteiger partial charge in [0.1, 0.15) is 0 Å². The first-order chi connectivity index (χ1) is 4.41. The molecule has 54 valence electrons. The van der Waals surface area contributed by atoms with Crippen LogP contribution in [-0.2, 0) is 0 Å². The summed E-state index contributed by atoms with van der Waals surface area (Å²) in [6, 6.07) is 0. The number of unbranched alkanes of at least 4 members (excludes halogenated alkanes) is 1. The van der Waals surface area contributed by atoms with E-state index >= 15 is 0 Å². The number of hydrogen-bond donors (Lipinski definition) is 1. The summed E-state index contributed by atoms with van der Waals surface area (Å²) >= 11 is 0. The zero-order valence-electron chi connectivity index (χ0n) is 6.14. The molecule has 1 aliphatic carbocycles. The first-order valence-electron chi connectivity index (χ1n) is 3.71. The van der Waals surface area contributed by atoms with Crippen molar-refractivity contribution in [1.29, 1.82) is 0 Å². The van der Waals surface area contributed by atoms with Gasteiger partial charge in [0.25, 0.3) is 0 Å². The van der Waals surface area contributed by atoms with Crippen molar-refractivity contribution in [2.75, 3.05) is 0 Å². The van der Waals surface area contributed by atoms with Gasteiger partial charge in [-0.15, -0.1) is 0 Å². The quantitative estimate of drug-likeness (QED) is 0.567. The van der Waals surface area contributed by atoms with Gasteiger partial charge in [-0.3, -0.25) is 0 Å². The standard InChI is InChI=1S/C5H10O.C3H6/c1-2-3-4-5-6;1-2-3-1/h4-6H,2-3H2,1H3;1-3H2. The van der Waals surface area contributed by atoms with Gasteiger partial charge < -0.3 is 5.11 Å². The molecule has 0 aromatic rings. The molecule has 1 rings (SSSR count). The highest BCUT2D eigenvalue weighted by Gasteiger charge is 1.95. The number of allylic oxidation sites excluding steroid dienone is 1. The van der Waals surface area contributed by atoms with Crippen LogP contribution >= 0.6 is 0 Å². The molecule has 0 aromatic carbocycles. The van der Waals surface area contributed by atoms with Gasteiger partial charge in [0.2, 0.25) is 0 Å². The maximum Gasteiger partial charge on any atom is 0.0751 e. The molecular weight excluding hydrogens is 112 g/mol. The molecule has 0 bridgehead atoms. The first-order valence-corrected chi connectivity index (χ1v) is 3.71. The molecule has 0 aromatic heterocycles. The minimum absolute atomic E-state index is 0.983. The molecule has 0 unspecified atom stereocenters. The van der Waals surface area contributed by atoms with E-state index < -0.39 is 0 Å². The zero-order valence-corrected chi connectivity index (χ0v) is 6.14. The summed E-state index contributed by atoms with van der Waals surface area (Å²) in [7, 11) is 0. The van der Waals surface area contributed by atoms with Gasteiger partial charge in [-0.1, -0.05) is 38.7 Å². The Labute approximate surface area is 57.4 Å². The van der Waals surface area contributed by atoms with Crippen molar-refractivity contribution in [2.24, 2.45) is 0 Å². The topological polar surface area (TPSA) is 20.2 Å². The van der Waals surface area contributed by atoms with E-state index in [9.17, 15) is 0 Å². The summed E-state index contributed by atoms with van der Waals surface area (Å²) in [5.74, 6) is 0. The van der Waals surface area contributed by atoms with Gasteiger partial charge >= 0.3 is 0 Å². The van der Waals surface area contributed by atoms with Crippen LogP contribution < -0.4 is 0 Å². The Morgan fingerprint density at radius 3 is 2.00 bits per heavy atom.